The molecule has 0 heterocycles. The second kappa shape index (κ2) is 3.03. The molecule has 0 aromatic rings. The molecular weight excluding hydrogens is 176 g/mol. The van der Waals surface area contributed by atoms with Gasteiger partial charge in [-0.15, -0.1) is 0 Å². The fourth-order valence-corrected chi connectivity index (χ4v) is 2.17. The van der Waals surface area contributed by atoms with E-state index in [1.165, 1.54) is 6.08 Å². The lowest BCUT2D eigenvalue weighted by Crippen LogP contribution is -2.12. The molecule has 0 radical (unpaired) electrons. The molecule has 0 bridgehead atoms. The third kappa shape index (κ3) is 1.95. The molecule has 0 aromatic heterocycles. The summed E-state index contributed by atoms with van der Waals surface area (Å²) in [6.07, 6.45) is 4.15. The van der Waals surface area contributed by atoms with Gasteiger partial charge in [-0.3, -0.25) is 4.55 Å². The van der Waals surface area contributed by atoms with Crippen LogP contribution >= 0.6 is 0 Å². The SMILES string of the molecule is CC1=CCC(C)C(S(=O)(=O)O)=C1. The molecule has 4 heteroatoms. The number of allylic oxidation sites excluding steroid dienone is 4. The Morgan fingerprint density at radius 3 is 2.58 bits per heavy atom. The zero-order chi connectivity index (χ0) is 9.35. The first kappa shape index (κ1) is 9.48. The Morgan fingerprint density at radius 1 is 1.58 bits per heavy atom. The third-order valence-corrected chi connectivity index (χ3v) is 3.06. The predicted octanol–water partition coefficient (Wildman–Crippen LogP) is 1.74. The number of hydrogen-bond donors (Lipinski definition) is 1. The quantitative estimate of drug-likeness (QED) is 0.638. The Kier molecular flexibility index (Phi) is 2.39. The molecule has 1 rings (SSSR count). The van der Waals surface area contributed by atoms with Gasteiger partial charge in [-0.25, -0.2) is 0 Å². The minimum atomic E-state index is -3.99. The standard InChI is InChI=1S/C8H12O3S/c1-6-3-4-7(2)8(5-6)12(9,10)11/h3,5,7H,4H2,1-2H3,(H,9,10,11). The van der Waals surface area contributed by atoms with Gasteiger partial charge in [-0.2, -0.15) is 8.42 Å². The highest BCUT2D eigenvalue weighted by molar-refractivity contribution is 7.89. The van der Waals surface area contributed by atoms with Crippen LogP contribution in [-0.2, 0) is 10.1 Å². The molecule has 1 aliphatic carbocycles. The van der Waals surface area contributed by atoms with E-state index in [-0.39, 0.29) is 10.8 Å². The molecule has 0 aliphatic heterocycles. The van der Waals surface area contributed by atoms with E-state index in [1.807, 2.05) is 13.0 Å². The Morgan fingerprint density at radius 2 is 2.17 bits per heavy atom. The van der Waals surface area contributed by atoms with Gasteiger partial charge < -0.3 is 0 Å². The van der Waals surface area contributed by atoms with Crippen molar-refractivity contribution in [3.63, 3.8) is 0 Å². The van der Waals surface area contributed by atoms with E-state index in [0.717, 1.165) is 5.57 Å². The average molecular weight is 188 g/mol. The van der Waals surface area contributed by atoms with Crippen molar-refractivity contribution >= 4 is 10.1 Å². The maximum Gasteiger partial charge on any atom is 0.290 e. The fraction of sp³-hybridized carbons (Fsp3) is 0.500. The summed E-state index contributed by atoms with van der Waals surface area (Å²) in [7, 11) is -3.99. The van der Waals surface area contributed by atoms with Crippen molar-refractivity contribution in [1.82, 2.24) is 0 Å². The van der Waals surface area contributed by atoms with Crippen molar-refractivity contribution in [2.75, 3.05) is 0 Å². The van der Waals surface area contributed by atoms with E-state index in [4.69, 9.17) is 4.55 Å². The Balaban J connectivity index is 3.11. The van der Waals surface area contributed by atoms with Crippen molar-refractivity contribution < 1.29 is 13.0 Å². The van der Waals surface area contributed by atoms with E-state index in [0.29, 0.717) is 6.42 Å². The van der Waals surface area contributed by atoms with E-state index in [9.17, 15) is 8.42 Å². The first-order valence-electron chi connectivity index (χ1n) is 3.77. The summed E-state index contributed by atoms with van der Waals surface area (Å²) in [6, 6.07) is 0. The highest BCUT2D eigenvalue weighted by Gasteiger charge is 2.22. The van der Waals surface area contributed by atoms with Crippen molar-refractivity contribution in [1.29, 1.82) is 0 Å². The molecule has 1 aliphatic rings. The summed E-state index contributed by atoms with van der Waals surface area (Å²) in [5.41, 5.74) is 0.890. The van der Waals surface area contributed by atoms with Gasteiger partial charge in [0.25, 0.3) is 10.1 Å². The van der Waals surface area contributed by atoms with Crippen molar-refractivity contribution in [3.05, 3.63) is 22.6 Å². The maximum absolute atomic E-state index is 10.8. The second-order valence-corrected chi connectivity index (χ2v) is 4.53. The van der Waals surface area contributed by atoms with Gasteiger partial charge in [0, 0.05) is 0 Å². The Bertz CT molecular complexity index is 335. The second-order valence-electron chi connectivity index (χ2n) is 3.11. The summed E-state index contributed by atoms with van der Waals surface area (Å²) in [6.45, 7) is 3.60. The van der Waals surface area contributed by atoms with Crippen LogP contribution < -0.4 is 0 Å². The van der Waals surface area contributed by atoms with Crippen LogP contribution in [0, 0.1) is 5.92 Å². The van der Waals surface area contributed by atoms with Crippen LogP contribution in [0.3, 0.4) is 0 Å². The molecule has 0 fully saturated rings. The van der Waals surface area contributed by atoms with Gasteiger partial charge in [-0.05, 0) is 25.3 Å². The van der Waals surface area contributed by atoms with Crippen molar-refractivity contribution in [3.8, 4) is 0 Å². The Hall–Kier alpha value is -0.610. The van der Waals surface area contributed by atoms with E-state index < -0.39 is 10.1 Å². The Labute approximate surface area is 72.5 Å². The molecule has 0 amide bonds. The monoisotopic (exact) mass is 188 g/mol. The highest BCUT2D eigenvalue weighted by atomic mass is 32.2. The molecule has 0 saturated heterocycles. The van der Waals surface area contributed by atoms with Crippen molar-refractivity contribution in [2.24, 2.45) is 5.92 Å². The highest BCUT2D eigenvalue weighted by Crippen LogP contribution is 2.26. The summed E-state index contributed by atoms with van der Waals surface area (Å²) in [5, 5.41) is 0. The minimum Gasteiger partial charge on any atom is -0.282 e. The average Bonchev–Trinajstić information content (AvgIpc) is 1.92. The van der Waals surface area contributed by atoms with Gasteiger partial charge in [-0.1, -0.05) is 18.6 Å². The minimum absolute atomic E-state index is 0.108. The normalized spacial score (nSPS) is 24.8. The first-order valence-corrected chi connectivity index (χ1v) is 5.21. The van der Waals surface area contributed by atoms with Gasteiger partial charge in [0.05, 0.1) is 4.91 Å². The molecule has 1 atom stereocenters. The molecule has 1 N–H and O–H groups in total. The molecular formula is C8H12O3S. The van der Waals surface area contributed by atoms with Crippen LogP contribution in [0.2, 0.25) is 0 Å². The summed E-state index contributed by atoms with van der Waals surface area (Å²) >= 11 is 0. The van der Waals surface area contributed by atoms with Crippen LogP contribution in [-0.4, -0.2) is 13.0 Å². The lowest BCUT2D eigenvalue weighted by molar-refractivity contribution is 0.482. The van der Waals surface area contributed by atoms with Gasteiger partial charge in [0.2, 0.25) is 0 Å². The van der Waals surface area contributed by atoms with Crippen LogP contribution in [0.5, 0.6) is 0 Å². The topological polar surface area (TPSA) is 54.4 Å². The number of rotatable bonds is 1. The zero-order valence-corrected chi connectivity index (χ0v) is 7.93. The molecule has 1 unspecified atom stereocenters. The van der Waals surface area contributed by atoms with E-state index >= 15 is 0 Å². The fourth-order valence-electron chi connectivity index (χ4n) is 1.23. The first-order chi connectivity index (χ1) is 5.41. The van der Waals surface area contributed by atoms with Gasteiger partial charge in [0.15, 0.2) is 0 Å². The molecule has 0 aromatic carbocycles. The smallest absolute Gasteiger partial charge is 0.282 e. The summed E-state index contributed by atoms with van der Waals surface area (Å²) in [5.74, 6) is -0.108. The van der Waals surface area contributed by atoms with Crippen LogP contribution in [0.4, 0.5) is 0 Å². The predicted molar refractivity (Wildman–Crippen MR) is 47.2 cm³/mol. The van der Waals surface area contributed by atoms with Gasteiger partial charge >= 0.3 is 0 Å². The largest absolute Gasteiger partial charge is 0.290 e. The van der Waals surface area contributed by atoms with Crippen LogP contribution in [0.25, 0.3) is 0 Å². The van der Waals surface area contributed by atoms with E-state index in [1.54, 1.807) is 6.92 Å². The summed E-state index contributed by atoms with van der Waals surface area (Å²) in [4.78, 5) is 0.127. The summed E-state index contributed by atoms with van der Waals surface area (Å²) < 4.78 is 30.4. The van der Waals surface area contributed by atoms with Gasteiger partial charge in [0.1, 0.15) is 0 Å². The molecule has 12 heavy (non-hydrogen) atoms. The molecule has 3 nitrogen and oxygen atoms in total. The molecule has 68 valence electrons. The number of hydrogen-bond acceptors (Lipinski definition) is 2. The van der Waals surface area contributed by atoms with Crippen molar-refractivity contribution in [2.45, 2.75) is 20.3 Å². The maximum atomic E-state index is 10.8. The lowest BCUT2D eigenvalue weighted by Gasteiger charge is -2.15. The lowest BCUT2D eigenvalue weighted by atomic mass is 9.99. The molecule has 0 saturated carbocycles. The third-order valence-electron chi connectivity index (χ3n) is 1.95. The van der Waals surface area contributed by atoms with Crippen LogP contribution in [0.15, 0.2) is 22.6 Å². The molecule has 0 spiro atoms. The zero-order valence-electron chi connectivity index (χ0n) is 7.11. The van der Waals surface area contributed by atoms with E-state index in [2.05, 4.69) is 0 Å². The van der Waals surface area contributed by atoms with Crippen LogP contribution in [0.1, 0.15) is 20.3 Å².